The van der Waals surface area contributed by atoms with E-state index in [0.29, 0.717) is 25.1 Å². The Morgan fingerprint density at radius 2 is 1.57 bits per heavy atom. The predicted octanol–water partition coefficient (Wildman–Crippen LogP) is 2.75. The van der Waals surface area contributed by atoms with Gasteiger partial charge < -0.3 is 9.15 Å². The van der Waals surface area contributed by atoms with Gasteiger partial charge in [-0.25, -0.2) is 9.59 Å². The molecule has 0 aliphatic rings. The summed E-state index contributed by atoms with van der Waals surface area (Å²) in [7, 11) is 0. The lowest BCUT2D eigenvalue weighted by Gasteiger charge is -2.06. The van der Waals surface area contributed by atoms with Crippen LogP contribution in [0.3, 0.4) is 0 Å². The van der Waals surface area contributed by atoms with Crippen molar-refractivity contribution in [3.8, 4) is 0 Å². The fourth-order valence-corrected chi connectivity index (χ4v) is 3.70. The molecule has 0 saturated heterocycles. The van der Waals surface area contributed by atoms with Gasteiger partial charge in [0.2, 0.25) is 0 Å². The lowest BCUT2D eigenvalue weighted by Crippen LogP contribution is -2.25. The van der Waals surface area contributed by atoms with E-state index in [-0.39, 0.29) is 31.2 Å². The van der Waals surface area contributed by atoms with Crippen LogP contribution in [0.25, 0.3) is 22.1 Å². The minimum Gasteiger partial charge on any atom is -0.466 e. The summed E-state index contributed by atoms with van der Waals surface area (Å²) in [6, 6.07) is 14.7. The summed E-state index contributed by atoms with van der Waals surface area (Å²) in [5.41, 5.74) is 2.80. The van der Waals surface area contributed by atoms with E-state index in [1.807, 2.05) is 43.3 Å². The number of oxazole rings is 1. The molecule has 0 bridgehead atoms. The van der Waals surface area contributed by atoms with Crippen LogP contribution in [0.5, 0.6) is 0 Å². The number of imidazole rings is 1. The van der Waals surface area contributed by atoms with Crippen molar-refractivity contribution in [1.82, 2.24) is 13.7 Å². The first-order valence-electron chi connectivity index (χ1n) is 10.0. The molecule has 0 radical (unpaired) electrons. The Hall–Kier alpha value is -3.55. The number of rotatable bonds is 8. The summed E-state index contributed by atoms with van der Waals surface area (Å²) in [5.74, 6) is -0.797. The maximum atomic E-state index is 12.6. The van der Waals surface area contributed by atoms with Crippen molar-refractivity contribution in [3.63, 3.8) is 0 Å². The molecule has 2 aromatic carbocycles. The molecule has 2 heterocycles. The van der Waals surface area contributed by atoms with Gasteiger partial charge in [0.15, 0.2) is 5.58 Å². The number of fused-ring (bicyclic) bond motifs is 2. The minimum atomic E-state index is -0.422. The quantitative estimate of drug-likeness (QED) is 0.330. The SMILES string of the molecule is CCn1c(=O)n(CCC(=O)OCCCn2c(=O)oc3ccccc32)c2ccccc21. The Bertz CT molecular complexity index is 1310. The van der Waals surface area contributed by atoms with Gasteiger partial charge in [-0.15, -0.1) is 0 Å². The maximum Gasteiger partial charge on any atom is 0.419 e. The third-order valence-electron chi connectivity index (χ3n) is 5.14. The molecule has 4 aromatic rings. The molecule has 0 aliphatic heterocycles. The van der Waals surface area contributed by atoms with E-state index >= 15 is 0 Å². The number of benzene rings is 2. The second kappa shape index (κ2) is 8.44. The highest BCUT2D eigenvalue weighted by atomic mass is 16.5. The van der Waals surface area contributed by atoms with Gasteiger partial charge in [-0.1, -0.05) is 24.3 Å². The van der Waals surface area contributed by atoms with Crippen molar-refractivity contribution in [3.05, 3.63) is 69.6 Å². The highest BCUT2D eigenvalue weighted by Crippen LogP contribution is 2.14. The highest BCUT2D eigenvalue weighted by molar-refractivity contribution is 5.76. The van der Waals surface area contributed by atoms with Crippen molar-refractivity contribution < 1.29 is 13.9 Å². The standard InChI is InChI=1S/C22H23N3O5/c1-2-23-16-8-3-4-9-17(16)24(21(23)27)14-12-20(26)29-15-7-13-25-18-10-5-6-11-19(18)30-22(25)28/h3-6,8-11H,2,7,12-15H2,1H3. The topological polar surface area (TPSA) is 88.4 Å². The molecule has 0 unspecified atom stereocenters. The zero-order chi connectivity index (χ0) is 21.1. The average Bonchev–Trinajstić information content (AvgIpc) is 3.22. The first-order valence-corrected chi connectivity index (χ1v) is 10.0. The van der Waals surface area contributed by atoms with Crippen molar-refractivity contribution in [2.45, 2.75) is 39.4 Å². The normalized spacial score (nSPS) is 11.4. The summed E-state index contributed by atoms with van der Waals surface area (Å²) in [4.78, 5) is 36.7. The van der Waals surface area contributed by atoms with Crippen LogP contribution >= 0.6 is 0 Å². The molecule has 0 atom stereocenters. The summed E-state index contributed by atoms with van der Waals surface area (Å²) in [5, 5.41) is 0. The number of aromatic nitrogens is 3. The first kappa shape index (κ1) is 19.8. The van der Waals surface area contributed by atoms with Crippen molar-refractivity contribution in [1.29, 1.82) is 0 Å². The van der Waals surface area contributed by atoms with Gasteiger partial charge in [-0.2, -0.15) is 0 Å². The van der Waals surface area contributed by atoms with Crippen LogP contribution in [0.4, 0.5) is 0 Å². The smallest absolute Gasteiger partial charge is 0.419 e. The van der Waals surface area contributed by atoms with E-state index in [1.165, 1.54) is 4.57 Å². The summed E-state index contributed by atoms with van der Waals surface area (Å²) >= 11 is 0. The minimum absolute atomic E-state index is 0.103. The maximum absolute atomic E-state index is 12.6. The molecule has 0 aliphatic carbocycles. The molecule has 8 heteroatoms. The molecular formula is C22H23N3O5. The van der Waals surface area contributed by atoms with Gasteiger partial charge >= 0.3 is 17.4 Å². The van der Waals surface area contributed by atoms with E-state index in [0.717, 1.165) is 16.6 Å². The monoisotopic (exact) mass is 409 g/mol. The van der Waals surface area contributed by atoms with Crippen LogP contribution in [0.2, 0.25) is 0 Å². The van der Waals surface area contributed by atoms with E-state index < -0.39 is 5.76 Å². The second-order valence-electron chi connectivity index (χ2n) is 6.98. The van der Waals surface area contributed by atoms with Gasteiger partial charge in [0.25, 0.3) is 0 Å². The number of ether oxygens (including phenoxy) is 1. The number of carbonyl (C=O) groups excluding carboxylic acids is 1. The molecule has 4 rings (SSSR count). The van der Waals surface area contributed by atoms with Gasteiger partial charge in [-0.05, 0) is 37.6 Å². The second-order valence-corrected chi connectivity index (χ2v) is 6.98. The molecule has 0 N–H and O–H groups in total. The third-order valence-corrected chi connectivity index (χ3v) is 5.14. The lowest BCUT2D eigenvalue weighted by atomic mass is 10.3. The molecule has 2 aromatic heterocycles. The van der Waals surface area contributed by atoms with E-state index in [4.69, 9.17) is 9.15 Å². The summed E-state index contributed by atoms with van der Waals surface area (Å²) in [6.07, 6.45) is 0.594. The zero-order valence-corrected chi connectivity index (χ0v) is 16.7. The number of nitrogens with zero attached hydrogens (tertiary/aromatic N) is 3. The molecule has 0 saturated carbocycles. The Morgan fingerprint density at radius 3 is 2.30 bits per heavy atom. The number of aryl methyl sites for hydroxylation is 3. The van der Waals surface area contributed by atoms with Gasteiger partial charge in [-0.3, -0.25) is 18.5 Å². The number of para-hydroxylation sites is 4. The van der Waals surface area contributed by atoms with Gasteiger partial charge in [0.1, 0.15) is 0 Å². The Morgan fingerprint density at radius 1 is 0.900 bits per heavy atom. The fourth-order valence-electron chi connectivity index (χ4n) is 3.70. The first-order chi connectivity index (χ1) is 14.6. The van der Waals surface area contributed by atoms with Gasteiger partial charge in [0.05, 0.1) is 29.6 Å². The summed E-state index contributed by atoms with van der Waals surface area (Å²) in [6.45, 7) is 3.33. The Balaban J connectivity index is 1.32. The lowest BCUT2D eigenvalue weighted by molar-refractivity contribution is -0.144. The highest BCUT2D eigenvalue weighted by Gasteiger charge is 2.13. The molecule has 30 heavy (non-hydrogen) atoms. The van der Waals surface area contributed by atoms with E-state index in [1.54, 1.807) is 21.3 Å². The van der Waals surface area contributed by atoms with Crippen LogP contribution in [0, 0.1) is 0 Å². The van der Waals surface area contributed by atoms with Crippen LogP contribution < -0.4 is 11.4 Å². The molecule has 0 spiro atoms. The van der Waals surface area contributed by atoms with Crippen molar-refractivity contribution in [2.24, 2.45) is 0 Å². The van der Waals surface area contributed by atoms with Crippen LogP contribution in [0.1, 0.15) is 19.8 Å². The average molecular weight is 409 g/mol. The number of carbonyl (C=O) groups is 1. The van der Waals surface area contributed by atoms with Crippen LogP contribution in [0.15, 0.2) is 62.5 Å². The predicted molar refractivity (Wildman–Crippen MR) is 113 cm³/mol. The number of esters is 1. The molecular weight excluding hydrogens is 386 g/mol. The molecule has 156 valence electrons. The zero-order valence-electron chi connectivity index (χ0n) is 16.7. The number of hydrogen-bond acceptors (Lipinski definition) is 5. The molecule has 0 amide bonds. The van der Waals surface area contributed by atoms with Gasteiger partial charge in [0, 0.05) is 19.6 Å². The van der Waals surface area contributed by atoms with E-state index in [2.05, 4.69) is 0 Å². The van der Waals surface area contributed by atoms with Crippen molar-refractivity contribution in [2.75, 3.05) is 6.61 Å². The Labute approximate surface area is 171 Å². The number of hydrogen-bond donors (Lipinski definition) is 0. The van der Waals surface area contributed by atoms with Crippen molar-refractivity contribution >= 4 is 28.1 Å². The van der Waals surface area contributed by atoms with E-state index in [9.17, 15) is 14.4 Å². The Kier molecular flexibility index (Phi) is 5.56. The largest absolute Gasteiger partial charge is 0.466 e. The summed E-state index contributed by atoms with van der Waals surface area (Å²) < 4.78 is 15.3. The van der Waals surface area contributed by atoms with Crippen LogP contribution in [-0.2, 0) is 29.2 Å². The fraction of sp³-hybridized carbons (Fsp3) is 0.318. The molecule has 8 nitrogen and oxygen atoms in total. The third kappa shape index (κ3) is 3.68. The molecule has 0 fully saturated rings. The van der Waals surface area contributed by atoms with Crippen LogP contribution in [-0.4, -0.2) is 26.3 Å².